The molecule has 2 rings (SSSR count). The Morgan fingerprint density at radius 1 is 1.06 bits per heavy atom. The van der Waals surface area contributed by atoms with Gasteiger partial charge in [-0.1, -0.05) is 35.9 Å². The highest BCUT2D eigenvalue weighted by molar-refractivity contribution is 5.67. The van der Waals surface area contributed by atoms with Crippen LogP contribution in [0.15, 0.2) is 36.4 Å². The summed E-state index contributed by atoms with van der Waals surface area (Å²) in [6, 6.07) is 11.4. The fourth-order valence-corrected chi connectivity index (χ4v) is 2.02. The predicted octanol–water partition coefficient (Wildman–Crippen LogP) is 3.57. The summed E-state index contributed by atoms with van der Waals surface area (Å²) in [5.74, 6) is -0.232. The predicted molar refractivity (Wildman–Crippen MR) is 69.2 cm³/mol. The first-order valence-corrected chi connectivity index (χ1v) is 5.68. The van der Waals surface area contributed by atoms with E-state index in [1.807, 2.05) is 25.1 Å². The molecule has 2 N–H and O–H groups in total. The van der Waals surface area contributed by atoms with Gasteiger partial charge in [0.1, 0.15) is 5.82 Å². The molecule has 0 spiro atoms. The standard InChI is InChI=1S/C15H16FN/c1-10-3-6-14(11(2)7-10)12-4-5-13(9-17)15(16)8-12/h3-8H,9,17H2,1-2H3. The third-order valence-corrected chi connectivity index (χ3v) is 2.97. The van der Waals surface area contributed by atoms with Gasteiger partial charge >= 0.3 is 0 Å². The van der Waals surface area contributed by atoms with Crippen molar-refractivity contribution >= 4 is 0 Å². The summed E-state index contributed by atoms with van der Waals surface area (Å²) in [7, 11) is 0. The first kappa shape index (κ1) is 11.8. The molecular weight excluding hydrogens is 213 g/mol. The van der Waals surface area contributed by atoms with E-state index < -0.39 is 0 Å². The van der Waals surface area contributed by atoms with Crippen LogP contribution >= 0.6 is 0 Å². The molecule has 2 aromatic rings. The Morgan fingerprint density at radius 3 is 2.41 bits per heavy atom. The summed E-state index contributed by atoms with van der Waals surface area (Å²) in [6.45, 7) is 4.32. The normalized spacial score (nSPS) is 10.6. The average molecular weight is 229 g/mol. The zero-order valence-electron chi connectivity index (χ0n) is 10.1. The molecule has 0 fully saturated rings. The van der Waals surface area contributed by atoms with E-state index in [0.29, 0.717) is 5.56 Å². The van der Waals surface area contributed by atoms with Gasteiger partial charge in [0, 0.05) is 12.1 Å². The number of aryl methyl sites for hydroxylation is 2. The molecule has 0 unspecified atom stereocenters. The quantitative estimate of drug-likeness (QED) is 0.837. The minimum atomic E-state index is -0.232. The highest BCUT2D eigenvalue weighted by atomic mass is 19.1. The zero-order chi connectivity index (χ0) is 12.4. The van der Waals surface area contributed by atoms with Crippen LogP contribution in [-0.2, 0) is 6.54 Å². The average Bonchev–Trinajstić information content (AvgIpc) is 2.29. The van der Waals surface area contributed by atoms with Crippen molar-refractivity contribution in [2.75, 3.05) is 0 Å². The summed E-state index contributed by atoms with van der Waals surface area (Å²) < 4.78 is 13.7. The molecular formula is C15H16FN. The maximum atomic E-state index is 13.7. The Morgan fingerprint density at radius 2 is 1.82 bits per heavy atom. The van der Waals surface area contributed by atoms with Gasteiger partial charge in [-0.3, -0.25) is 0 Å². The van der Waals surface area contributed by atoms with Gasteiger partial charge in [-0.2, -0.15) is 0 Å². The second-order valence-corrected chi connectivity index (χ2v) is 4.33. The van der Waals surface area contributed by atoms with Gasteiger partial charge in [0.05, 0.1) is 0 Å². The number of hydrogen-bond acceptors (Lipinski definition) is 1. The van der Waals surface area contributed by atoms with E-state index >= 15 is 0 Å². The van der Waals surface area contributed by atoms with Crippen LogP contribution in [0.25, 0.3) is 11.1 Å². The molecule has 17 heavy (non-hydrogen) atoms. The summed E-state index contributed by atoms with van der Waals surface area (Å²) in [6.07, 6.45) is 0. The van der Waals surface area contributed by atoms with E-state index in [4.69, 9.17) is 5.73 Å². The van der Waals surface area contributed by atoms with Gasteiger partial charge < -0.3 is 5.73 Å². The number of rotatable bonds is 2. The largest absolute Gasteiger partial charge is 0.326 e. The van der Waals surface area contributed by atoms with Crippen LogP contribution < -0.4 is 5.73 Å². The highest BCUT2D eigenvalue weighted by Gasteiger charge is 2.06. The minimum Gasteiger partial charge on any atom is -0.326 e. The third kappa shape index (κ3) is 2.37. The van der Waals surface area contributed by atoms with Gasteiger partial charge in [0.15, 0.2) is 0 Å². The molecule has 0 bridgehead atoms. The fourth-order valence-electron chi connectivity index (χ4n) is 2.02. The number of halogens is 1. The Kier molecular flexibility index (Phi) is 3.25. The summed E-state index contributed by atoms with van der Waals surface area (Å²) in [4.78, 5) is 0. The van der Waals surface area contributed by atoms with E-state index in [9.17, 15) is 4.39 Å². The molecule has 0 saturated carbocycles. The molecule has 0 aliphatic carbocycles. The molecule has 0 radical (unpaired) electrons. The number of benzene rings is 2. The second-order valence-electron chi connectivity index (χ2n) is 4.33. The maximum absolute atomic E-state index is 13.7. The molecule has 2 aromatic carbocycles. The lowest BCUT2D eigenvalue weighted by molar-refractivity contribution is 0.611. The molecule has 0 aromatic heterocycles. The summed E-state index contributed by atoms with van der Waals surface area (Å²) in [5.41, 5.74) is 10.3. The molecule has 2 heteroatoms. The van der Waals surface area contributed by atoms with Crippen LogP contribution in [0, 0.1) is 19.7 Å². The molecule has 0 atom stereocenters. The summed E-state index contributed by atoms with van der Waals surface area (Å²) >= 11 is 0. The first-order chi connectivity index (χ1) is 8.11. The van der Waals surface area contributed by atoms with Crippen molar-refractivity contribution in [3.8, 4) is 11.1 Å². The summed E-state index contributed by atoms with van der Waals surface area (Å²) in [5, 5.41) is 0. The smallest absolute Gasteiger partial charge is 0.128 e. The van der Waals surface area contributed by atoms with Crippen molar-refractivity contribution < 1.29 is 4.39 Å². The molecule has 0 amide bonds. The van der Waals surface area contributed by atoms with Crippen molar-refractivity contribution in [3.63, 3.8) is 0 Å². The topological polar surface area (TPSA) is 26.0 Å². The Hall–Kier alpha value is -1.67. The van der Waals surface area contributed by atoms with Crippen molar-refractivity contribution in [2.24, 2.45) is 5.73 Å². The van der Waals surface area contributed by atoms with Crippen LogP contribution in [0.3, 0.4) is 0 Å². The second kappa shape index (κ2) is 4.68. The Balaban J connectivity index is 2.50. The Labute approximate surface area is 101 Å². The van der Waals surface area contributed by atoms with Gasteiger partial charge in [-0.25, -0.2) is 4.39 Å². The Bertz CT molecular complexity index is 547. The van der Waals surface area contributed by atoms with E-state index in [-0.39, 0.29) is 12.4 Å². The fraction of sp³-hybridized carbons (Fsp3) is 0.200. The molecule has 0 aliphatic heterocycles. The number of hydrogen-bond donors (Lipinski definition) is 1. The lowest BCUT2D eigenvalue weighted by Gasteiger charge is -2.08. The van der Waals surface area contributed by atoms with Crippen molar-refractivity contribution in [1.29, 1.82) is 0 Å². The molecule has 0 saturated heterocycles. The molecule has 0 heterocycles. The third-order valence-electron chi connectivity index (χ3n) is 2.97. The minimum absolute atomic E-state index is 0.232. The zero-order valence-corrected chi connectivity index (χ0v) is 10.1. The van der Waals surface area contributed by atoms with E-state index in [1.54, 1.807) is 12.1 Å². The van der Waals surface area contributed by atoms with Crippen LogP contribution in [0.4, 0.5) is 4.39 Å². The molecule has 1 nitrogen and oxygen atoms in total. The first-order valence-electron chi connectivity index (χ1n) is 5.68. The lowest BCUT2D eigenvalue weighted by atomic mass is 9.98. The van der Waals surface area contributed by atoms with Crippen molar-refractivity contribution in [1.82, 2.24) is 0 Å². The van der Waals surface area contributed by atoms with Crippen LogP contribution in [-0.4, -0.2) is 0 Å². The van der Waals surface area contributed by atoms with Gasteiger partial charge in [0.2, 0.25) is 0 Å². The van der Waals surface area contributed by atoms with Crippen LogP contribution in [0.1, 0.15) is 16.7 Å². The van der Waals surface area contributed by atoms with Gasteiger partial charge in [-0.15, -0.1) is 0 Å². The van der Waals surface area contributed by atoms with Gasteiger partial charge in [0.25, 0.3) is 0 Å². The SMILES string of the molecule is Cc1ccc(-c2ccc(CN)c(F)c2)c(C)c1. The maximum Gasteiger partial charge on any atom is 0.128 e. The van der Waals surface area contributed by atoms with E-state index in [0.717, 1.165) is 16.7 Å². The van der Waals surface area contributed by atoms with Crippen LogP contribution in [0.5, 0.6) is 0 Å². The molecule has 88 valence electrons. The van der Waals surface area contributed by atoms with E-state index in [1.165, 1.54) is 5.56 Å². The molecule has 0 aliphatic rings. The van der Waals surface area contributed by atoms with E-state index in [2.05, 4.69) is 13.0 Å². The van der Waals surface area contributed by atoms with Gasteiger partial charge in [-0.05, 0) is 36.6 Å². The highest BCUT2D eigenvalue weighted by Crippen LogP contribution is 2.25. The van der Waals surface area contributed by atoms with Crippen molar-refractivity contribution in [3.05, 3.63) is 58.9 Å². The lowest BCUT2D eigenvalue weighted by Crippen LogP contribution is -1.99. The van der Waals surface area contributed by atoms with Crippen LogP contribution in [0.2, 0.25) is 0 Å². The number of nitrogens with two attached hydrogens (primary N) is 1. The monoisotopic (exact) mass is 229 g/mol. The van der Waals surface area contributed by atoms with Crippen molar-refractivity contribution in [2.45, 2.75) is 20.4 Å².